The minimum atomic E-state index is -4.20. The van der Waals surface area contributed by atoms with Gasteiger partial charge in [0, 0.05) is 12.6 Å². The summed E-state index contributed by atoms with van der Waals surface area (Å²) in [5.74, 6) is 0.270. The number of aryl methyl sites for hydroxylation is 1. The molecule has 0 bridgehead atoms. The van der Waals surface area contributed by atoms with Gasteiger partial charge in [0.05, 0.1) is 24.3 Å². The number of para-hydroxylation sites is 2. The van der Waals surface area contributed by atoms with Crippen molar-refractivity contribution in [2.45, 2.75) is 76.4 Å². The molecule has 0 radical (unpaired) electrons. The van der Waals surface area contributed by atoms with E-state index in [1.807, 2.05) is 32.9 Å². The molecule has 4 rings (SSSR count). The molecule has 0 saturated heterocycles. The third-order valence-corrected chi connectivity index (χ3v) is 9.70. The van der Waals surface area contributed by atoms with Crippen molar-refractivity contribution in [1.29, 1.82) is 0 Å². The maximum absolute atomic E-state index is 14.4. The standard InChI is InChI=1S/C34H43N3O6S/c1-5-30(34(39)35-27-11-7-8-12-27)36(23-26-17-19-28(42-4)20-18-26)33(38)24-37(31-13-9-10-14-32(31)43-6-2)44(40,41)29-21-15-25(3)16-22-29/h9-10,13-22,27,30H,5-8,11-12,23-24H2,1-4H3,(H,35,39). The molecule has 44 heavy (non-hydrogen) atoms. The number of anilines is 1. The SMILES string of the molecule is CCOc1ccccc1N(CC(=O)N(Cc1ccc(OC)cc1)C(CC)C(=O)NC1CCCC1)S(=O)(=O)c1ccc(C)cc1. The Kier molecular flexibility index (Phi) is 11.3. The highest BCUT2D eigenvalue weighted by atomic mass is 32.2. The fourth-order valence-corrected chi connectivity index (χ4v) is 6.93. The summed E-state index contributed by atoms with van der Waals surface area (Å²) in [6.07, 6.45) is 4.29. The molecule has 3 aromatic rings. The van der Waals surface area contributed by atoms with Gasteiger partial charge in [-0.3, -0.25) is 13.9 Å². The van der Waals surface area contributed by atoms with Crippen molar-refractivity contribution in [3.8, 4) is 11.5 Å². The van der Waals surface area contributed by atoms with Gasteiger partial charge in [0.2, 0.25) is 11.8 Å². The number of carbonyl (C=O) groups excluding carboxylic acids is 2. The summed E-state index contributed by atoms with van der Waals surface area (Å²) in [6.45, 7) is 5.45. The summed E-state index contributed by atoms with van der Waals surface area (Å²) < 4.78 is 40.6. The summed E-state index contributed by atoms with van der Waals surface area (Å²) in [5.41, 5.74) is 1.94. The van der Waals surface area contributed by atoms with Crippen LogP contribution in [-0.4, -0.2) is 57.5 Å². The van der Waals surface area contributed by atoms with Crippen LogP contribution in [0.4, 0.5) is 5.69 Å². The Hall–Kier alpha value is -4.05. The van der Waals surface area contributed by atoms with E-state index < -0.39 is 28.5 Å². The molecule has 1 aliphatic rings. The van der Waals surface area contributed by atoms with Gasteiger partial charge in [-0.25, -0.2) is 8.42 Å². The Balaban J connectivity index is 1.75. The minimum Gasteiger partial charge on any atom is -0.497 e. The van der Waals surface area contributed by atoms with Crippen LogP contribution in [0.15, 0.2) is 77.7 Å². The second-order valence-electron chi connectivity index (χ2n) is 11.0. The van der Waals surface area contributed by atoms with Crippen molar-refractivity contribution in [2.75, 3.05) is 24.6 Å². The van der Waals surface area contributed by atoms with Crippen LogP contribution in [0.1, 0.15) is 57.1 Å². The van der Waals surface area contributed by atoms with E-state index in [-0.39, 0.29) is 29.1 Å². The monoisotopic (exact) mass is 621 g/mol. The van der Waals surface area contributed by atoms with E-state index in [0.717, 1.165) is 41.1 Å². The maximum atomic E-state index is 14.4. The van der Waals surface area contributed by atoms with Crippen LogP contribution in [0.25, 0.3) is 0 Å². The molecular weight excluding hydrogens is 578 g/mol. The van der Waals surface area contributed by atoms with Crippen molar-refractivity contribution in [2.24, 2.45) is 0 Å². The van der Waals surface area contributed by atoms with Crippen molar-refractivity contribution in [3.05, 3.63) is 83.9 Å². The zero-order chi connectivity index (χ0) is 31.7. The first-order chi connectivity index (χ1) is 21.2. The summed E-state index contributed by atoms with van der Waals surface area (Å²) >= 11 is 0. The van der Waals surface area contributed by atoms with E-state index in [1.165, 1.54) is 17.0 Å². The van der Waals surface area contributed by atoms with E-state index in [1.54, 1.807) is 55.6 Å². The number of nitrogens with one attached hydrogen (secondary N) is 1. The topological polar surface area (TPSA) is 105 Å². The second kappa shape index (κ2) is 15.1. The molecule has 3 aromatic carbocycles. The molecule has 0 aliphatic heterocycles. The van der Waals surface area contributed by atoms with Gasteiger partial charge < -0.3 is 19.7 Å². The van der Waals surface area contributed by atoms with Crippen LogP contribution >= 0.6 is 0 Å². The summed E-state index contributed by atoms with van der Waals surface area (Å²) in [5, 5.41) is 3.14. The molecule has 1 fully saturated rings. The highest BCUT2D eigenvalue weighted by Gasteiger charge is 2.35. The number of hydrogen-bond donors (Lipinski definition) is 1. The largest absolute Gasteiger partial charge is 0.497 e. The van der Waals surface area contributed by atoms with E-state index in [9.17, 15) is 18.0 Å². The molecule has 1 unspecified atom stereocenters. The Morgan fingerprint density at radius 2 is 1.61 bits per heavy atom. The number of nitrogens with zero attached hydrogens (tertiary/aromatic N) is 2. The van der Waals surface area contributed by atoms with Gasteiger partial charge >= 0.3 is 0 Å². The average molecular weight is 622 g/mol. The lowest BCUT2D eigenvalue weighted by Gasteiger charge is -2.34. The lowest BCUT2D eigenvalue weighted by molar-refractivity contribution is -0.140. The fraction of sp³-hybridized carbons (Fsp3) is 0.412. The van der Waals surface area contributed by atoms with Crippen LogP contribution in [0.2, 0.25) is 0 Å². The second-order valence-corrected chi connectivity index (χ2v) is 12.9. The molecule has 0 aromatic heterocycles. The number of rotatable bonds is 14. The Morgan fingerprint density at radius 3 is 2.23 bits per heavy atom. The molecule has 2 amide bonds. The summed E-state index contributed by atoms with van der Waals surface area (Å²) in [6, 6.07) is 19.8. The normalized spacial score (nSPS) is 14.1. The van der Waals surface area contributed by atoms with Crippen molar-refractivity contribution in [1.82, 2.24) is 10.2 Å². The maximum Gasteiger partial charge on any atom is 0.264 e. The van der Waals surface area contributed by atoms with Gasteiger partial charge in [0.25, 0.3) is 10.0 Å². The Bertz CT molecular complexity index is 1500. The first kappa shape index (κ1) is 32.9. The molecule has 1 saturated carbocycles. The van der Waals surface area contributed by atoms with Crippen LogP contribution in [0.5, 0.6) is 11.5 Å². The van der Waals surface area contributed by atoms with E-state index in [0.29, 0.717) is 24.5 Å². The third-order valence-electron chi connectivity index (χ3n) is 7.92. The van der Waals surface area contributed by atoms with E-state index in [2.05, 4.69) is 5.32 Å². The predicted molar refractivity (Wildman–Crippen MR) is 171 cm³/mol. The number of hydrogen-bond acceptors (Lipinski definition) is 6. The lowest BCUT2D eigenvalue weighted by atomic mass is 10.1. The number of benzene rings is 3. The number of methoxy groups -OCH3 is 1. The molecule has 0 spiro atoms. The Labute approximate surface area is 261 Å². The number of carbonyl (C=O) groups is 2. The summed E-state index contributed by atoms with van der Waals surface area (Å²) in [4.78, 5) is 29.6. The van der Waals surface area contributed by atoms with Gasteiger partial charge in [0.15, 0.2) is 0 Å². The van der Waals surface area contributed by atoms with Crippen molar-refractivity contribution >= 4 is 27.5 Å². The molecule has 236 valence electrons. The minimum absolute atomic E-state index is 0.0509. The number of sulfonamides is 1. The van der Waals surface area contributed by atoms with Gasteiger partial charge in [-0.2, -0.15) is 0 Å². The van der Waals surface area contributed by atoms with Crippen molar-refractivity contribution < 1.29 is 27.5 Å². The molecule has 9 nitrogen and oxygen atoms in total. The molecule has 1 N–H and O–H groups in total. The molecule has 1 aliphatic carbocycles. The van der Waals surface area contributed by atoms with Gasteiger partial charge in [-0.05, 0) is 75.1 Å². The van der Waals surface area contributed by atoms with Crippen LogP contribution in [-0.2, 0) is 26.2 Å². The first-order valence-corrected chi connectivity index (χ1v) is 16.7. The molecule has 1 atom stereocenters. The van der Waals surface area contributed by atoms with Crippen LogP contribution < -0.4 is 19.1 Å². The van der Waals surface area contributed by atoms with Crippen molar-refractivity contribution in [3.63, 3.8) is 0 Å². The van der Waals surface area contributed by atoms with E-state index >= 15 is 0 Å². The smallest absolute Gasteiger partial charge is 0.264 e. The van der Waals surface area contributed by atoms with Crippen LogP contribution in [0.3, 0.4) is 0 Å². The van der Waals surface area contributed by atoms with Gasteiger partial charge in [-0.1, -0.05) is 61.7 Å². The summed E-state index contributed by atoms with van der Waals surface area (Å²) in [7, 11) is -2.63. The highest BCUT2D eigenvalue weighted by molar-refractivity contribution is 7.92. The number of ether oxygens (including phenoxy) is 2. The van der Waals surface area contributed by atoms with Gasteiger partial charge in [0.1, 0.15) is 24.1 Å². The Morgan fingerprint density at radius 1 is 0.955 bits per heavy atom. The molecule has 10 heteroatoms. The molecule has 0 heterocycles. The fourth-order valence-electron chi connectivity index (χ4n) is 5.51. The third kappa shape index (κ3) is 7.91. The van der Waals surface area contributed by atoms with Crippen LogP contribution in [0, 0.1) is 6.92 Å². The molecular formula is C34H43N3O6S. The highest BCUT2D eigenvalue weighted by Crippen LogP contribution is 2.33. The zero-order valence-corrected chi connectivity index (χ0v) is 26.8. The zero-order valence-electron chi connectivity index (χ0n) is 26.0. The number of amides is 2. The quantitative estimate of drug-likeness (QED) is 0.256. The first-order valence-electron chi connectivity index (χ1n) is 15.2. The average Bonchev–Trinajstić information content (AvgIpc) is 3.53. The lowest BCUT2D eigenvalue weighted by Crippen LogP contribution is -2.53. The van der Waals surface area contributed by atoms with E-state index in [4.69, 9.17) is 9.47 Å². The predicted octanol–water partition coefficient (Wildman–Crippen LogP) is 5.46. The van der Waals surface area contributed by atoms with Gasteiger partial charge in [-0.15, -0.1) is 0 Å².